The van der Waals surface area contributed by atoms with Crippen LogP contribution in [0.1, 0.15) is 17.0 Å². The molecule has 0 atom stereocenters. The SMILES string of the molecule is Cc1nc2nc(-c3cncc(-c4cnn(C)c4)c3)nc(-c3ccc(C(F)(F)F)cc3F)c2nc1C. The molecule has 11 heteroatoms. The molecule has 0 saturated heterocycles. The summed E-state index contributed by atoms with van der Waals surface area (Å²) in [5.41, 5.74) is 2.47. The quantitative estimate of drug-likeness (QED) is 0.326. The van der Waals surface area contributed by atoms with E-state index >= 15 is 0 Å². The Morgan fingerprint density at radius 1 is 0.829 bits per heavy atom. The minimum atomic E-state index is -4.68. The van der Waals surface area contributed by atoms with Gasteiger partial charge in [-0.05, 0) is 38.1 Å². The highest BCUT2D eigenvalue weighted by molar-refractivity contribution is 5.89. The molecule has 0 bridgehead atoms. The molecule has 1 aromatic carbocycles. The lowest BCUT2D eigenvalue weighted by Crippen LogP contribution is -2.07. The van der Waals surface area contributed by atoms with Gasteiger partial charge in [0.1, 0.15) is 17.0 Å². The Hall–Kier alpha value is -4.28. The zero-order valence-electron chi connectivity index (χ0n) is 18.8. The van der Waals surface area contributed by atoms with Crippen LogP contribution in [0, 0.1) is 19.7 Å². The molecular formula is C24H17F4N7. The van der Waals surface area contributed by atoms with E-state index in [1.54, 1.807) is 50.2 Å². The summed E-state index contributed by atoms with van der Waals surface area (Å²) in [5, 5.41) is 4.16. The van der Waals surface area contributed by atoms with Crippen LogP contribution in [0.3, 0.4) is 0 Å². The number of halogens is 4. The highest BCUT2D eigenvalue weighted by Gasteiger charge is 2.31. The second-order valence-corrected chi connectivity index (χ2v) is 8.02. The maximum absolute atomic E-state index is 15.0. The molecule has 7 nitrogen and oxygen atoms in total. The van der Waals surface area contributed by atoms with Gasteiger partial charge in [0.15, 0.2) is 11.5 Å². The van der Waals surface area contributed by atoms with Crippen LogP contribution in [0.5, 0.6) is 0 Å². The third-order valence-electron chi connectivity index (χ3n) is 5.53. The molecule has 176 valence electrons. The Morgan fingerprint density at radius 2 is 1.57 bits per heavy atom. The molecule has 0 aliphatic carbocycles. The minimum Gasteiger partial charge on any atom is -0.275 e. The van der Waals surface area contributed by atoms with Crippen LogP contribution in [-0.2, 0) is 13.2 Å². The van der Waals surface area contributed by atoms with Crippen molar-refractivity contribution in [3.63, 3.8) is 0 Å². The molecule has 0 radical (unpaired) electrons. The number of rotatable bonds is 3. The van der Waals surface area contributed by atoms with Crippen LogP contribution < -0.4 is 0 Å². The van der Waals surface area contributed by atoms with Crippen LogP contribution in [0.4, 0.5) is 17.6 Å². The van der Waals surface area contributed by atoms with Crippen molar-refractivity contribution in [1.82, 2.24) is 34.7 Å². The van der Waals surface area contributed by atoms with Gasteiger partial charge in [0.2, 0.25) is 0 Å². The maximum Gasteiger partial charge on any atom is 0.416 e. The van der Waals surface area contributed by atoms with E-state index in [4.69, 9.17) is 0 Å². The second kappa shape index (κ2) is 8.19. The molecule has 5 aromatic rings. The predicted molar refractivity (Wildman–Crippen MR) is 120 cm³/mol. The van der Waals surface area contributed by atoms with Gasteiger partial charge in [-0.1, -0.05) is 0 Å². The first-order chi connectivity index (χ1) is 16.6. The maximum atomic E-state index is 15.0. The lowest BCUT2D eigenvalue weighted by molar-refractivity contribution is -0.137. The summed E-state index contributed by atoms with van der Waals surface area (Å²) in [6.45, 7) is 3.48. The third-order valence-corrected chi connectivity index (χ3v) is 5.53. The van der Waals surface area contributed by atoms with E-state index in [2.05, 4.69) is 30.0 Å². The number of benzene rings is 1. The number of aryl methyl sites for hydroxylation is 3. The van der Waals surface area contributed by atoms with Gasteiger partial charge in [-0.25, -0.2) is 24.3 Å². The molecule has 0 aliphatic heterocycles. The van der Waals surface area contributed by atoms with Gasteiger partial charge in [0.25, 0.3) is 0 Å². The molecule has 4 heterocycles. The fraction of sp³-hybridized carbons (Fsp3) is 0.167. The fourth-order valence-corrected chi connectivity index (χ4v) is 3.60. The van der Waals surface area contributed by atoms with Gasteiger partial charge >= 0.3 is 6.18 Å². The number of nitrogens with zero attached hydrogens (tertiary/aromatic N) is 7. The van der Waals surface area contributed by atoms with E-state index < -0.39 is 17.6 Å². The Balaban J connectivity index is 1.73. The molecule has 0 saturated carbocycles. The highest BCUT2D eigenvalue weighted by atomic mass is 19.4. The number of hydrogen-bond acceptors (Lipinski definition) is 6. The number of alkyl halides is 3. The Bertz CT molecular complexity index is 1590. The van der Waals surface area contributed by atoms with Gasteiger partial charge in [-0.15, -0.1) is 0 Å². The van der Waals surface area contributed by atoms with Gasteiger partial charge in [-0.2, -0.15) is 18.3 Å². The van der Waals surface area contributed by atoms with Crippen molar-refractivity contribution in [1.29, 1.82) is 0 Å². The summed E-state index contributed by atoms with van der Waals surface area (Å²) in [6, 6.07) is 4.10. The van der Waals surface area contributed by atoms with Crippen molar-refractivity contribution >= 4 is 11.2 Å². The zero-order chi connectivity index (χ0) is 24.9. The first-order valence-electron chi connectivity index (χ1n) is 10.4. The van der Waals surface area contributed by atoms with E-state index in [1.807, 2.05) is 6.20 Å². The van der Waals surface area contributed by atoms with Gasteiger partial charge in [0.05, 0.1) is 23.1 Å². The number of hydrogen-bond donors (Lipinski definition) is 0. The molecule has 5 rings (SSSR count). The highest BCUT2D eigenvalue weighted by Crippen LogP contribution is 2.35. The largest absolute Gasteiger partial charge is 0.416 e. The van der Waals surface area contributed by atoms with Crippen molar-refractivity contribution in [3.8, 4) is 33.8 Å². The van der Waals surface area contributed by atoms with E-state index in [9.17, 15) is 17.6 Å². The van der Waals surface area contributed by atoms with E-state index in [0.717, 1.165) is 23.3 Å². The monoisotopic (exact) mass is 479 g/mol. The Kier molecular flexibility index (Phi) is 5.27. The van der Waals surface area contributed by atoms with Crippen LogP contribution in [0.15, 0.2) is 49.1 Å². The summed E-state index contributed by atoms with van der Waals surface area (Å²) in [5.74, 6) is -0.893. The van der Waals surface area contributed by atoms with E-state index in [1.165, 1.54) is 0 Å². The summed E-state index contributed by atoms with van der Waals surface area (Å²) in [6.07, 6.45) is 2.03. The molecule has 35 heavy (non-hydrogen) atoms. The van der Waals surface area contributed by atoms with E-state index in [0.29, 0.717) is 23.0 Å². The molecule has 0 unspecified atom stereocenters. The first kappa shape index (κ1) is 22.5. The van der Waals surface area contributed by atoms with Crippen LogP contribution in [0.2, 0.25) is 0 Å². The molecular weight excluding hydrogens is 462 g/mol. The zero-order valence-corrected chi connectivity index (χ0v) is 18.8. The second-order valence-electron chi connectivity index (χ2n) is 8.02. The molecule has 0 amide bonds. The Labute approximate surface area is 196 Å². The van der Waals surface area contributed by atoms with Crippen molar-refractivity contribution in [2.45, 2.75) is 20.0 Å². The Morgan fingerprint density at radius 3 is 2.26 bits per heavy atom. The normalized spacial score (nSPS) is 11.9. The van der Waals surface area contributed by atoms with E-state index in [-0.39, 0.29) is 28.2 Å². The lowest BCUT2D eigenvalue weighted by Gasteiger charge is -2.12. The van der Waals surface area contributed by atoms with Crippen LogP contribution in [0.25, 0.3) is 44.9 Å². The van der Waals surface area contributed by atoms with Gasteiger partial charge in [-0.3, -0.25) is 9.67 Å². The number of aromatic nitrogens is 7. The molecule has 0 aliphatic rings. The summed E-state index contributed by atoms with van der Waals surface area (Å²) < 4.78 is 55.9. The molecule has 4 aromatic heterocycles. The van der Waals surface area contributed by atoms with Crippen molar-refractivity contribution in [3.05, 3.63) is 71.8 Å². The summed E-state index contributed by atoms with van der Waals surface area (Å²) in [4.78, 5) is 22.2. The summed E-state index contributed by atoms with van der Waals surface area (Å²) in [7, 11) is 1.79. The topological polar surface area (TPSA) is 82.3 Å². The van der Waals surface area contributed by atoms with Crippen LogP contribution in [-0.4, -0.2) is 34.7 Å². The smallest absolute Gasteiger partial charge is 0.275 e. The average molecular weight is 479 g/mol. The standard InChI is InChI=1S/C24H17F4N7/c1-12-13(2)32-23-21(31-12)20(18-5-4-17(7-19(18)25)24(26,27)28)33-22(34-23)15-6-14(8-29-9-15)16-10-30-35(3)11-16/h4-11H,1-3H3. The molecule has 0 N–H and O–H groups in total. The van der Waals surface area contributed by atoms with Gasteiger partial charge < -0.3 is 0 Å². The van der Waals surface area contributed by atoms with Crippen molar-refractivity contribution < 1.29 is 17.6 Å². The fourth-order valence-electron chi connectivity index (χ4n) is 3.60. The van der Waals surface area contributed by atoms with Crippen molar-refractivity contribution in [2.75, 3.05) is 0 Å². The summed E-state index contributed by atoms with van der Waals surface area (Å²) >= 11 is 0. The average Bonchev–Trinajstić information content (AvgIpc) is 3.25. The third kappa shape index (κ3) is 4.20. The number of fused-ring (bicyclic) bond motifs is 1. The van der Waals surface area contributed by atoms with Crippen molar-refractivity contribution in [2.24, 2.45) is 7.05 Å². The number of pyridine rings is 1. The molecule has 0 spiro atoms. The minimum absolute atomic E-state index is 0.0404. The van der Waals surface area contributed by atoms with Gasteiger partial charge in [0, 0.05) is 47.9 Å². The lowest BCUT2D eigenvalue weighted by atomic mass is 10.1. The first-order valence-corrected chi connectivity index (χ1v) is 10.4. The predicted octanol–water partition coefficient (Wildman–Crippen LogP) is 5.32. The molecule has 0 fully saturated rings. The van der Waals surface area contributed by atoms with Crippen LogP contribution >= 0.6 is 0 Å².